The molecule has 2 aromatic heterocycles. The SMILES string of the molecule is CC1OC(=O)NN=C1c1cnc(-n2ccc(F)n2)c(C(F)(F)F)c1. The first kappa shape index (κ1) is 15.9. The molecule has 0 spiro atoms. The number of hydrogen-bond acceptors (Lipinski definition) is 5. The second-order valence-electron chi connectivity index (χ2n) is 4.83. The maximum Gasteiger partial charge on any atom is 0.428 e. The Morgan fingerprint density at radius 2 is 2.12 bits per heavy atom. The lowest BCUT2D eigenvalue weighted by atomic mass is 10.1. The minimum absolute atomic E-state index is 0.00574. The van der Waals surface area contributed by atoms with E-state index in [4.69, 9.17) is 4.74 Å². The first-order valence-corrected chi connectivity index (χ1v) is 6.59. The highest BCUT2D eigenvalue weighted by molar-refractivity contribution is 6.05. The minimum atomic E-state index is -4.76. The standard InChI is InChI=1S/C13H9F4N5O2/c1-6-10(19-20-12(23)24-6)7-4-8(13(15,16)17)11(18-5-7)22-3-2-9(14)21-22/h2-6H,1H3,(H,20,23). The Labute approximate surface area is 131 Å². The monoisotopic (exact) mass is 343 g/mol. The van der Waals surface area contributed by atoms with Gasteiger partial charge in [0, 0.05) is 24.0 Å². The van der Waals surface area contributed by atoms with Gasteiger partial charge in [0.15, 0.2) is 5.82 Å². The van der Waals surface area contributed by atoms with Gasteiger partial charge in [-0.25, -0.2) is 19.9 Å². The Kier molecular flexibility index (Phi) is 3.70. The average Bonchev–Trinajstić information content (AvgIpc) is 2.92. The smallest absolute Gasteiger partial charge is 0.428 e. The number of aromatic nitrogens is 3. The van der Waals surface area contributed by atoms with Crippen LogP contribution in [0.3, 0.4) is 0 Å². The van der Waals surface area contributed by atoms with Gasteiger partial charge in [0.1, 0.15) is 17.4 Å². The molecule has 0 fully saturated rings. The minimum Gasteiger partial charge on any atom is -0.439 e. The number of hydrazone groups is 1. The number of pyridine rings is 1. The molecule has 1 aliphatic heterocycles. The van der Waals surface area contributed by atoms with Crippen molar-refractivity contribution >= 4 is 11.8 Å². The molecule has 2 aromatic rings. The molecule has 0 aromatic carbocycles. The predicted molar refractivity (Wildman–Crippen MR) is 71.9 cm³/mol. The third-order valence-corrected chi connectivity index (χ3v) is 3.18. The summed E-state index contributed by atoms with van der Waals surface area (Å²) in [5.74, 6) is -1.51. The summed E-state index contributed by atoms with van der Waals surface area (Å²) < 4.78 is 58.5. The van der Waals surface area contributed by atoms with Gasteiger partial charge >= 0.3 is 12.3 Å². The van der Waals surface area contributed by atoms with Crippen molar-refractivity contribution in [2.45, 2.75) is 19.2 Å². The largest absolute Gasteiger partial charge is 0.439 e. The molecule has 0 bridgehead atoms. The zero-order valence-electron chi connectivity index (χ0n) is 12.0. The molecule has 1 atom stereocenters. The fraction of sp³-hybridized carbons (Fsp3) is 0.231. The van der Waals surface area contributed by atoms with E-state index in [1.165, 1.54) is 6.92 Å². The van der Waals surface area contributed by atoms with Gasteiger partial charge in [-0.1, -0.05) is 0 Å². The molecule has 7 nitrogen and oxygen atoms in total. The lowest BCUT2D eigenvalue weighted by Crippen LogP contribution is -2.37. The van der Waals surface area contributed by atoms with Crippen molar-refractivity contribution < 1.29 is 27.1 Å². The van der Waals surface area contributed by atoms with E-state index in [9.17, 15) is 22.4 Å². The number of nitrogens with zero attached hydrogens (tertiary/aromatic N) is 4. The Hall–Kier alpha value is -2.98. The van der Waals surface area contributed by atoms with Crippen molar-refractivity contribution in [2.75, 3.05) is 0 Å². The van der Waals surface area contributed by atoms with Gasteiger partial charge in [0.25, 0.3) is 0 Å². The van der Waals surface area contributed by atoms with Crippen LogP contribution >= 0.6 is 0 Å². The molecule has 24 heavy (non-hydrogen) atoms. The van der Waals surface area contributed by atoms with E-state index in [2.05, 4.69) is 15.2 Å². The molecule has 0 radical (unpaired) electrons. The summed E-state index contributed by atoms with van der Waals surface area (Å²) in [7, 11) is 0. The van der Waals surface area contributed by atoms with Gasteiger partial charge in [-0.15, -0.1) is 5.10 Å². The molecule has 3 heterocycles. The highest BCUT2D eigenvalue weighted by Crippen LogP contribution is 2.33. The van der Waals surface area contributed by atoms with Crippen molar-refractivity contribution in [1.29, 1.82) is 0 Å². The van der Waals surface area contributed by atoms with Gasteiger partial charge in [0.05, 0.1) is 0 Å². The first-order chi connectivity index (χ1) is 11.3. The van der Waals surface area contributed by atoms with E-state index >= 15 is 0 Å². The highest BCUT2D eigenvalue weighted by atomic mass is 19.4. The number of halogens is 4. The fourth-order valence-corrected chi connectivity index (χ4v) is 2.15. The van der Waals surface area contributed by atoms with Crippen LogP contribution in [0.5, 0.6) is 0 Å². The number of amides is 1. The number of ether oxygens (including phenoxy) is 1. The quantitative estimate of drug-likeness (QED) is 0.848. The van der Waals surface area contributed by atoms with Crippen LogP contribution in [0.2, 0.25) is 0 Å². The lowest BCUT2D eigenvalue weighted by molar-refractivity contribution is -0.137. The van der Waals surface area contributed by atoms with Crippen molar-refractivity contribution in [3.05, 3.63) is 41.6 Å². The number of alkyl halides is 3. The van der Waals surface area contributed by atoms with Crippen LogP contribution in [-0.4, -0.2) is 32.7 Å². The number of carbonyl (C=O) groups excluding carboxylic acids is 1. The topological polar surface area (TPSA) is 81.4 Å². The molecule has 0 saturated heterocycles. The van der Waals surface area contributed by atoms with Gasteiger partial charge < -0.3 is 4.74 Å². The van der Waals surface area contributed by atoms with E-state index in [0.717, 1.165) is 24.5 Å². The molecule has 0 aliphatic carbocycles. The molecule has 1 amide bonds. The number of hydrogen-bond donors (Lipinski definition) is 1. The molecule has 1 aliphatic rings. The maximum absolute atomic E-state index is 13.3. The zero-order chi connectivity index (χ0) is 17.5. The Bertz CT molecular complexity index is 830. The van der Waals surface area contributed by atoms with Crippen LogP contribution in [-0.2, 0) is 10.9 Å². The molecule has 1 unspecified atom stereocenters. The Balaban J connectivity index is 2.10. The molecule has 3 rings (SSSR count). The lowest BCUT2D eigenvalue weighted by Gasteiger charge is -2.21. The number of nitrogens with one attached hydrogen (secondary N) is 1. The van der Waals surface area contributed by atoms with E-state index in [0.29, 0.717) is 4.68 Å². The zero-order valence-corrected chi connectivity index (χ0v) is 12.0. The number of cyclic esters (lactones) is 1. The van der Waals surface area contributed by atoms with Gasteiger partial charge in [-0.2, -0.15) is 22.7 Å². The summed E-state index contributed by atoms with van der Waals surface area (Å²) in [5.41, 5.74) is 0.970. The van der Waals surface area contributed by atoms with Gasteiger partial charge in [-0.05, 0) is 13.0 Å². The van der Waals surface area contributed by atoms with Crippen LogP contribution < -0.4 is 5.43 Å². The summed E-state index contributed by atoms with van der Waals surface area (Å²) >= 11 is 0. The molecule has 1 N–H and O–H groups in total. The summed E-state index contributed by atoms with van der Waals surface area (Å²) in [5, 5.41) is 6.99. The van der Waals surface area contributed by atoms with Crippen LogP contribution in [0.4, 0.5) is 22.4 Å². The van der Waals surface area contributed by atoms with Crippen LogP contribution in [0.15, 0.2) is 29.6 Å². The Morgan fingerprint density at radius 3 is 2.71 bits per heavy atom. The van der Waals surface area contributed by atoms with Crippen LogP contribution in [0.1, 0.15) is 18.1 Å². The van der Waals surface area contributed by atoms with E-state index in [1.807, 2.05) is 5.43 Å². The Morgan fingerprint density at radius 1 is 1.38 bits per heavy atom. The molecule has 126 valence electrons. The summed E-state index contributed by atoms with van der Waals surface area (Å²) in [4.78, 5) is 14.8. The summed E-state index contributed by atoms with van der Waals surface area (Å²) in [6.07, 6.45) is -4.28. The van der Waals surface area contributed by atoms with Crippen molar-refractivity contribution in [3.8, 4) is 5.82 Å². The van der Waals surface area contributed by atoms with E-state index in [1.54, 1.807) is 0 Å². The fourth-order valence-electron chi connectivity index (χ4n) is 2.15. The normalized spacial score (nSPS) is 18.0. The molecule has 0 saturated carbocycles. The van der Waals surface area contributed by atoms with E-state index in [-0.39, 0.29) is 11.3 Å². The summed E-state index contributed by atoms with van der Waals surface area (Å²) in [6, 6.07) is 1.70. The maximum atomic E-state index is 13.3. The van der Waals surface area contributed by atoms with Crippen molar-refractivity contribution in [3.63, 3.8) is 0 Å². The predicted octanol–water partition coefficient (Wildman–Crippen LogP) is 2.26. The van der Waals surface area contributed by atoms with Gasteiger partial charge in [0.2, 0.25) is 5.95 Å². The second kappa shape index (κ2) is 5.58. The third kappa shape index (κ3) is 2.92. The summed E-state index contributed by atoms with van der Waals surface area (Å²) in [6.45, 7) is 1.46. The molecular formula is C13H9F4N5O2. The second-order valence-corrected chi connectivity index (χ2v) is 4.83. The number of carbonyl (C=O) groups is 1. The van der Waals surface area contributed by atoms with E-state index < -0.39 is 35.7 Å². The van der Waals surface area contributed by atoms with Crippen molar-refractivity contribution in [1.82, 2.24) is 20.2 Å². The van der Waals surface area contributed by atoms with Gasteiger partial charge in [-0.3, -0.25) is 0 Å². The molecule has 11 heteroatoms. The third-order valence-electron chi connectivity index (χ3n) is 3.18. The number of rotatable bonds is 2. The molecular weight excluding hydrogens is 334 g/mol. The van der Waals surface area contributed by atoms with Crippen LogP contribution in [0, 0.1) is 5.95 Å². The van der Waals surface area contributed by atoms with Crippen LogP contribution in [0.25, 0.3) is 5.82 Å². The average molecular weight is 343 g/mol. The van der Waals surface area contributed by atoms with Crippen molar-refractivity contribution in [2.24, 2.45) is 5.10 Å². The highest BCUT2D eigenvalue weighted by Gasteiger charge is 2.36. The first-order valence-electron chi connectivity index (χ1n) is 6.59.